The Morgan fingerprint density at radius 1 is 1.31 bits per heavy atom. The highest BCUT2D eigenvalue weighted by Crippen LogP contribution is 2.10. The fourth-order valence-electron chi connectivity index (χ4n) is 1.48. The minimum absolute atomic E-state index is 0.0433. The molecule has 0 radical (unpaired) electrons. The first-order chi connectivity index (χ1) is 7.65. The highest BCUT2D eigenvalue weighted by Gasteiger charge is 2.23. The molecule has 0 saturated carbocycles. The summed E-state index contributed by atoms with van der Waals surface area (Å²) in [6.07, 6.45) is 2.64. The van der Waals surface area contributed by atoms with E-state index < -0.39 is 5.97 Å². The maximum atomic E-state index is 11.4. The Labute approximate surface area is 93.6 Å². The van der Waals surface area contributed by atoms with Crippen molar-refractivity contribution >= 4 is 17.6 Å². The van der Waals surface area contributed by atoms with E-state index in [2.05, 4.69) is 5.10 Å². The largest absolute Gasteiger partial charge is 0.477 e. The van der Waals surface area contributed by atoms with E-state index in [1.54, 1.807) is 0 Å². The van der Waals surface area contributed by atoms with E-state index in [0.717, 1.165) is 12.8 Å². The van der Waals surface area contributed by atoms with E-state index in [4.69, 9.17) is 10.2 Å². The molecule has 2 N–H and O–H groups in total. The molecule has 0 aromatic rings. The van der Waals surface area contributed by atoms with E-state index in [-0.39, 0.29) is 31.1 Å². The van der Waals surface area contributed by atoms with Crippen LogP contribution in [-0.2, 0) is 9.59 Å². The molecule has 0 spiro atoms. The van der Waals surface area contributed by atoms with Gasteiger partial charge in [0.15, 0.2) is 0 Å². The van der Waals surface area contributed by atoms with Crippen LogP contribution in [0.4, 0.5) is 0 Å². The second kappa shape index (κ2) is 6.22. The normalized spacial score (nSPS) is 16.2. The van der Waals surface area contributed by atoms with Crippen molar-refractivity contribution in [1.29, 1.82) is 0 Å². The van der Waals surface area contributed by atoms with Gasteiger partial charge in [-0.25, -0.2) is 9.80 Å². The molecule has 6 nitrogen and oxygen atoms in total. The molecule has 0 aromatic carbocycles. The number of carboxylic acids is 1. The van der Waals surface area contributed by atoms with E-state index in [1.165, 1.54) is 5.01 Å². The molecule has 1 amide bonds. The SMILES string of the molecule is O=C(O)C1=NN(CCCCCO)C(=O)CC1. The van der Waals surface area contributed by atoms with Crippen LogP contribution in [0.3, 0.4) is 0 Å². The van der Waals surface area contributed by atoms with E-state index in [1.807, 2.05) is 0 Å². The molecule has 16 heavy (non-hydrogen) atoms. The molecule has 1 rings (SSSR count). The molecule has 0 aromatic heterocycles. The van der Waals surface area contributed by atoms with Crippen LogP contribution in [0.15, 0.2) is 5.10 Å². The van der Waals surface area contributed by atoms with Crippen molar-refractivity contribution in [1.82, 2.24) is 5.01 Å². The van der Waals surface area contributed by atoms with Crippen molar-refractivity contribution in [2.24, 2.45) is 5.10 Å². The molecule has 0 atom stereocenters. The summed E-state index contributed by atoms with van der Waals surface area (Å²) < 4.78 is 0. The third-order valence-electron chi connectivity index (χ3n) is 2.38. The Bertz CT molecular complexity index is 301. The number of aliphatic carboxylic acids is 1. The number of amides is 1. The van der Waals surface area contributed by atoms with E-state index >= 15 is 0 Å². The van der Waals surface area contributed by atoms with Crippen LogP contribution in [0.5, 0.6) is 0 Å². The van der Waals surface area contributed by atoms with Crippen LogP contribution >= 0.6 is 0 Å². The fraction of sp³-hybridized carbons (Fsp3) is 0.700. The second-order valence-corrected chi connectivity index (χ2v) is 3.65. The van der Waals surface area contributed by atoms with Gasteiger partial charge in [-0.1, -0.05) is 0 Å². The molecule has 6 heteroatoms. The monoisotopic (exact) mass is 228 g/mol. The van der Waals surface area contributed by atoms with Crippen molar-refractivity contribution in [2.75, 3.05) is 13.2 Å². The Balaban J connectivity index is 2.46. The number of aliphatic hydroxyl groups excluding tert-OH is 1. The number of carboxylic acid groups (broad SMARTS) is 1. The van der Waals surface area contributed by atoms with Gasteiger partial charge in [-0.3, -0.25) is 4.79 Å². The van der Waals surface area contributed by atoms with Crippen LogP contribution in [-0.4, -0.2) is 46.0 Å². The van der Waals surface area contributed by atoms with Gasteiger partial charge in [0.25, 0.3) is 0 Å². The molecule has 0 fully saturated rings. The number of unbranched alkanes of at least 4 members (excludes halogenated alkanes) is 2. The van der Waals surface area contributed by atoms with Crippen molar-refractivity contribution < 1.29 is 19.8 Å². The first-order valence-corrected chi connectivity index (χ1v) is 5.37. The minimum atomic E-state index is -1.06. The van der Waals surface area contributed by atoms with Gasteiger partial charge in [0.1, 0.15) is 5.71 Å². The molecular weight excluding hydrogens is 212 g/mol. The highest BCUT2D eigenvalue weighted by atomic mass is 16.4. The Kier molecular flexibility index (Phi) is 4.91. The summed E-state index contributed by atoms with van der Waals surface area (Å²) in [4.78, 5) is 22.1. The van der Waals surface area contributed by atoms with Crippen LogP contribution < -0.4 is 0 Å². The van der Waals surface area contributed by atoms with Gasteiger partial charge in [0.05, 0.1) is 0 Å². The van der Waals surface area contributed by atoms with Gasteiger partial charge in [-0.15, -0.1) is 0 Å². The van der Waals surface area contributed by atoms with Crippen LogP contribution in [0.2, 0.25) is 0 Å². The molecule has 0 bridgehead atoms. The van der Waals surface area contributed by atoms with Crippen LogP contribution in [0.25, 0.3) is 0 Å². The molecule has 1 aliphatic heterocycles. The topological polar surface area (TPSA) is 90.2 Å². The van der Waals surface area contributed by atoms with Gasteiger partial charge < -0.3 is 10.2 Å². The number of hydrogen-bond donors (Lipinski definition) is 2. The van der Waals surface area contributed by atoms with E-state index in [9.17, 15) is 9.59 Å². The Morgan fingerprint density at radius 3 is 2.69 bits per heavy atom. The lowest BCUT2D eigenvalue weighted by atomic mass is 10.1. The average Bonchev–Trinajstić information content (AvgIpc) is 2.26. The predicted octanol–water partition coefficient (Wildman–Crippen LogP) is 0.212. The molecular formula is C10H16N2O4. The summed E-state index contributed by atoms with van der Waals surface area (Å²) in [6.45, 7) is 0.563. The fourth-order valence-corrected chi connectivity index (χ4v) is 1.48. The molecule has 0 aliphatic carbocycles. The quantitative estimate of drug-likeness (QED) is 0.636. The Morgan fingerprint density at radius 2 is 2.06 bits per heavy atom. The first kappa shape index (κ1) is 12.6. The van der Waals surface area contributed by atoms with Crippen LogP contribution in [0.1, 0.15) is 32.1 Å². The summed E-state index contributed by atoms with van der Waals surface area (Å²) >= 11 is 0. The van der Waals surface area contributed by atoms with Crippen molar-refractivity contribution in [2.45, 2.75) is 32.1 Å². The average molecular weight is 228 g/mol. The molecule has 0 saturated heterocycles. The third-order valence-corrected chi connectivity index (χ3v) is 2.38. The van der Waals surface area contributed by atoms with Crippen molar-refractivity contribution in [3.05, 3.63) is 0 Å². The van der Waals surface area contributed by atoms with Gasteiger partial charge in [-0.05, 0) is 19.3 Å². The van der Waals surface area contributed by atoms with Gasteiger partial charge in [0.2, 0.25) is 5.91 Å². The van der Waals surface area contributed by atoms with Gasteiger partial charge in [-0.2, -0.15) is 5.10 Å². The molecule has 0 unspecified atom stereocenters. The number of hydrogen-bond acceptors (Lipinski definition) is 4. The summed E-state index contributed by atoms with van der Waals surface area (Å²) in [7, 11) is 0. The summed E-state index contributed by atoms with van der Waals surface area (Å²) in [5, 5.41) is 22.4. The van der Waals surface area contributed by atoms with Crippen molar-refractivity contribution in [3.63, 3.8) is 0 Å². The third kappa shape index (κ3) is 3.62. The van der Waals surface area contributed by atoms with Crippen LogP contribution in [0, 0.1) is 0 Å². The smallest absolute Gasteiger partial charge is 0.352 e. The zero-order chi connectivity index (χ0) is 12.0. The molecule has 1 aliphatic rings. The Hall–Kier alpha value is -1.43. The second-order valence-electron chi connectivity index (χ2n) is 3.65. The standard InChI is InChI=1S/C10H16N2O4/c13-7-3-1-2-6-12-9(14)5-4-8(11-12)10(15)16/h13H,1-7H2,(H,15,16). The lowest BCUT2D eigenvalue weighted by Crippen LogP contribution is -2.34. The number of aliphatic hydroxyl groups is 1. The maximum absolute atomic E-state index is 11.4. The highest BCUT2D eigenvalue weighted by molar-refractivity contribution is 6.36. The van der Waals surface area contributed by atoms with Gasteiger partial charge in [0, 0.05) is 26.0 Å². The maximum Gasteiger partial charge on any atom is 0.352 e. The lowest BCUT2D eigenvalue weighted by molar-refractivity contribution is -0.132. The van der Waals surface area contributed by atoms with Crippen molar-refractivity contribution in [3.8, 4) is 0 Å². The summed E-state index contributed by atoms with van der Waals surface area (Å²) in [5.41, 5.74) is 0.0433. The summed E-state index contributed by atoms with van der Waals surface area (Å²) in [6, 6.07) is 0. The minimum Gasteiger partial charge on any atom is -0.477 e. The lowest BCUT2D eigenvalue weighted by Gasteiger charge is -2.21. The number of hydrazone groups is 1. The number of rotatable bonds is 6. The zero-order valence-corrected chi connectivity index (χ0v) is 9.06. The van der Waals surface area contributed by atoms with Gasteiger partial charge >= 0.3 is 5.97 Å². The van der Waals surface area contributed by atoms with E-state index in [0.29, 0.717) is 13.0 Å². The summed E-state index contributed by atoms with van der Waals surface area (Å²) in [5.74, 6) is -1.19. The molecule has 90 valence electrons. The number of carbonyl (C=O) groups is 2. The predicted molar refractivity (Wildman–Crippen MR) is 57.0 cm³/mol. The number of nitrogens with zero attached hydrogens (tertiary/aromatic N) is 2. The number of carbonyl (C=O) groups excluding carboxylic acids is 1. The molecule has 1 heterocycles. The zero-order valence-electron chi connectivity index (χ0n) is 9.06. The first-order valence-electron chi connectivity index (χ1n) is 5.37.